The molecule has 0 aliphatic rings. The second-order valence-corrected chi connectivity index (χ2v) is 7.66. The Morgan fingerprint density at radius 3 is 2.00 bits per heavy atom. The van der Waals surface area contributed by atoms with E-state index < -0.39 is 5.91 Å². The molecule has 0 heterocycles. The van der Waals surface area contributed by atoms with E-state index in [0.29, 0.717) is 44.2 Å². The van der Waals surface area contributed by atoms with E-state index in [4.69, 9.17) is 15.2 Å². The summed E-state index contributed by atoms with van der Waals surface area (Å²) < 4.78 is 10.9. The molecule has 2 N–H and O–H groups in total. The van der Waals surface area contributed by atoms with Gasteiger partial charge >= 0.3 is 0 Å². The molecular weight excluding hydrogens is 416 g/mol. The van der Waals surface area contributed by atoms with Gasteiger partial charge in [-0.3, -0.25) is 14.5 Å². The van der Waals surface area contributed by atoms with E-state index in [1.807, 2.05) is 67.6 Å². The van der Waals surface area contributed by atoms with Crippen molar-refractivity contribution in [2.24, 2.45) is 5.73 Å². The van der Waals surface area contributed by atoms with Crippen LogP contribution >= 0.6 is 0 Å². The topological polar surface area (TPSA) is 81.9 Å². The first kappa shape index (κ1) is 24.2. The van der Waals surface area contributed by atoms with Crippen molar-refractivity contribution in [3.63, 3.8) is 0 Å². The van der Waals surface area contributed by atoms with E-state index in [0.717, 1.165) is 11.1 Å². The lowest BCUT2D eigenvalue weighted by molar-refractivity contribution is 0.0920. The molecule has 3 aromatic carbocycles. The third-order valence-corrected chi connectivity index (χ3v) is 5.12. The third-order valence-electron chi connectivity index (χ3n) is 5.12. The molecule has 0 aliphatic heterocycles. The van der Waals surface area contributed by atoms with Crippen LogP contribution in [0.5, 0.6) is 5.75 Å². The molecule has 0 aromatic heterocycles. The molecule has 0 spiro atoms. The number of ketones is 1. The maximum Gasteiger partial charge on any atom is 0.252 e. The fourth-order valence-corrected chi connectivity index (χ4v) is 3.52. The molecule has 1 amide bonds. The normalized spacial score (nSPS) is 10.8. The quantitative estimate of drug-likeness (QED) is 0.316. The summed E-state index contributed by atoms with van der Waals surface area (Å²) in [5.41, 5.74) is 8.41. The zero-order valence-corrected chi connectivity index (χ0v) is 18.9. The lowest BCUT2D eigenvalue weighted by Crippen LogP contribution is -2.29. The molecule has 0 fully saturated rings. The number of hydrogen-bond acceptors (Lipinski definition) is 5. The van der Waals surface area contributed by atoms with Crippen LogP contribution in [0.3, 0.4) is 0 Å². The number of primary amides is 1. The summed E-state index contributed by atoms with van der Waals surface area (Å²) in [6, 6.07) is 24.9. The highest BCUT2D eigenvalue weighted by atomic mass is 16.5. The van der Waals surface area contributed by atoms with Crippen LogP contribution in [-0.2, 0) is 17.8 Å². The molecule has 0 saturated carbocycles. The average Bonchev–Trinajstić information content (AvgIpc) is 2.83. The van der Waals surface area contributed by atoms with Crippen LogP contribution in [0.4, 0.5) is 0 Å². The molecular formula is C27H30N2O4. The van der Waals surface area contributed by atoms with Crippen molar-refractivity contribution in [3.05, 3.63) is 101 Å². The lowest BCUT2D eigenvalue weighted by Gasteiger charge is -2.22. The third kappa shape index (κ3) is 7.56. The lowest BCUT2D eigenvalue weighted by atomic mass is 10.0. The Balaban J connectivity index is 1.75. The SMILES string of the molecule is CCOCCOc1ccc(C(=O)CN(Cc2ccccc2)Cc2ccccc2)cc1C(N)=O. The molecule has 0 bridgehead atoms. The van der Waals surface area contributed by atoms with Crippen molar-refractivity contribution in [1.82, 2.24) is 4.90 Å². The molecule has 0 radical (unpaired) electrons. The van der Waals surface area contributed by atoms with Crippen molar-refractivity contribution in [2.45, 2.75) is 20.0 Å². The number of ether oxygens (including phenoxy) is 2. The van der Waals surface area contributed by atoms with Gasteiger partial charge < -0.3 is 15.2 Å². The predicted molar refractivity (Wildman–Crippen MR) is 128 cm³/mol. The van der Waals surface area contributed by atoms with Crippen LogP contribution in [0.15, 0.2) is 78.9 Å². The number of rotatable bonds is 13. The summed E-state index contributed by atoms with van der Waals surface area (Å²) in [6.07, 6.45) is 0. The minimum Gasteiger partial charge on any atom is -0.490 e. The highest BCUT2D eigenvalue weighted by Crippen LogP contribution is 2.21. The number of carbonyl (C=O) groups is 2. The summed E-state index contributed by atoms with van der Waals surface area (Å²) in [7, 11) is 0. The number of carbonyl (C=O) groups excluding carboxylic acids is 2. The Hall–Kier alpha value is -3.48. The van der Waals surface area contributed by atoms with Crippen LogP contribution < -0.4 is 10.5 Å². The minimum atomic E-state index is -0.638. The highest BCUT2D eigenvalue weighted by molar-refractivity contribution is 6.02. The first-order valence-corrected chi connectivity index (χ1v) is 11.0. The maximum absolute atomic E-state index is 13.2. The van der Waals surface area contributed by atoms with Gasteiger partial charge in [0.25, 0.3) is 5.91 Å². The Labute approximate surface area is 194 Å². The Kier molecular flexibility index (Phi) is 9.18. The Morgan fingerprint density at radius 1 is 0.848 bits per heavy atom. The van der Waals surface area contributed by atoms with Gasteiger partial charge in [-0.05, 0) is 36.2 Å². The molecule has 3 aromatic rings. The van der Waals surface area contributed by atoms with Crippen molar-refractivity contribution in [2.75, 3.05) is 26.4 Å². The van der Waals surface area contributed by atoms with Gasteiger partial charge in [0.15, 0.2) is 5.78 Å². The van der Waals surface area contributed by atoms with E-state index in [1.54, 1.807) is 12.1 Å². The Bertz CT molecular complexity index is 997. The van der Waals surface area contributed by atoms with Crippen LogP contribution in [0.25, 0.3) is 0 Å². The van der Waals surface area contributed by atoms with Crippen molar-refractivity contribution in [1.29, 1.82) is 0 Å². The predicted octanol–water partition coefficient (Wildman–Crippen LogP) is 4.09. The summed E-state index contributed by atoms with van der Waals surface area (Å²) in [5.74, 6) is -0.379. The molecule has 0 unspecified atom stereocenters. The molecule has 33 heavy (non-hydrogen) atoms. The summed E-state index contributed by atoms with van der Waals surface area (Å²) >= 11 is 0. The first-order chi connectivity index (χ1) is 16.1. The largest absolute Gasteiger partial charge is 0.490 e. The zero-order valence-electron chi connectivity index (χ0n) is 18.9. The van der Waals surface area contributed by atoms with Crippen molar-refractivity contribution >= 4 is 11.7 Å². The van der Waals surface area contributed by atoms with Gasteiger partial charge in [-0.1, -0.05) is 60.7 Å². The standard InChI is InChI=1S/C27H30N2O4/c1-2-32-15-16-33-26-14-13-23(17-24(26)27(28)31)25(30)20-29(18-21-9-5-3-6-10-21)19-22-11-7-4-8-12-22/h3-14,17H,2,15-16,18-20H2,1H3,(H2,28,31). The number of hydrogen-bond donors (Lipinski definition) is 1. The van der Waals surface area contributed by atoms with Crippen molar-refractivity contribution in [3.8, 4) is 5.75 Å². The average molecular weight is 447 g/mol. The van der Waals surface area contributed by atoms with E-state index in [1.165, 1.54) is 6.07 Å². The van der Waals surface area contributed by atoms with Gasteiger partial charge in [0, 0.05) is 25.3 Å². The molecule has 6 nitrogen and oxygen atoms in total. The number of Topliss-reactive ketones (excluding diaryl/α,β-unsaturated/α-hetero) is 1. The summed E-state index contributed by atoms with van der Waals surface area (Å²) in [6.45, 7) is 4.64. The first-order valence-electron chi connectivity index (χ1n) is 11.0. The van der Waals surface area contributed by atoms with Crippen LogP contribution in [-0.4, -0.2) is 43.0 Å². The van der Waals surface area contributed by atoms with Crippen LogP contribution in [0.1, 0.15) is 38.8 Å². The van der Waals surface area contributed by atoms with Gasteiger partial charge in [-0.15, -0.1) is 0 Å². The van der Waals surface area contributed by atoms with Gasteiger partial charge in [-0.25, -0.2) is 0 Å². The molecule has 6 heteroatoms. The van der Waals surface area contributed by atoms with Crippen molar-refractivity contribution < 1.29 is 19.1 Å². The monoisotopic (exact) mass is 446 g/mol. The van der Waals surface area contributed by atoms with Gasteiger partial charge in [-0.2, -0.15) is 0 Å². The van der Waals surface area contributed by atoms with E-state index in [-0.39, 0.29) is 17.9 Å². The van der Waals surface area contributed by atoms with Crippen LogP contribution in [0, 0.1) is 0 Å². The summed E-state index contributed by atoms with van der Waals surface area (Å²) in [5, 5.41) is 0. The maximum atomic E-state index is 13.2. The molecule has 0 aliphatic carbocycles. The van der Waals surface area contributed by atoms with E-state index in [2.05, 4.69) is 4.90 Å². The molecule has 0 atom stereocenters. The van der Waals surface area contributed by atoms with Crippen LogP contribution in [0.2, 0.25) is 0 Å². The fourth-order valence-electron chi connectivity index (χ4n) is 3.52. The number of nitrogens with two attached hydrogens (primary N) is 1. The summed E-state index contributed by atoms with van der Waals surface area (Å²) in [4.78, 5) is 27.2. The van der Waals surface area contributed by atoms with Gasteiger partial charge in [0.1, 0.15) is 12.4 Å². The second-order valence-electron chi connectivity index (χ2n) is 7.66. The zero-order chi connectivity index (χ0) is 23.5. The molecule has 172 valence electrons. The fraction of sp³-hybridized carbons (Fsp3) is 0.259. The molecule has 0 saturated heterocycles. The minimum absolute atomic E-state index is 0.0924. The van der Waals surface area contributed by atoms with Gasteiger partial charge in [0.05, 0.1) is 18.7 Å². The Morgan fingerprint density at radius 2 is 1.45 bits per heavy atom. The number of nitrogens with zero attached hydrogens (tertiary/aromatic N) is 1. The number of benzene rings is 3. The molecule has 3 rings (SSSR count). The van der Waals surface area contributed by atoms with Gasteiger partial charge in [0.2, 0.25) is 0 Å². The number of amides is 1. The smallest absolute Gasteiger partial charge is 0.252 e. The van der Waals surface area contributed by atoms with E-state index >= 15 is 0 Å². The van der Waals surface area contributed by atoms with E-state index in [9.17, 15) is 9.59 Å². The second kappa shape index (κ2) is 12.5. The highest BCUT2D eigenvalue weighted by Gasteiger charge is 2.18.